The molecule has 0 saturated carbocycles. The Morgan fingerprint density at radius 3 is 1.39 bits per heavy atom. The minimum absolute atomic E-state index is 0.0131. The SMILES string of the molecule is CC[C@H](C)[C@H](NC(=O)[C@@H]1CCCN1C(=O)[C@H](CC(N)=O)NC(=O)CNC(=O)[C@H](Cc1ccccc1)NC(=O)[C@@H]1CCCN1C(=O)[C@@H](NC(=O)[C@@H](NC(=O)[C@@H]1CCCN1)[C@@H](C)O)[C@@H](C)O)C(=O)N1CCC[C@H]1C(=O)NCC(=O)N[C@@H](CC(C)C)C(=O)N[C@H](C(=O)N[C@@H](CCC(=O)O)C(=O)N[C@@H](CC(C)C)C(=O)N[C@@H](C)C(=O)N[C@H](C(=O)O)C(C)C)[C@@H](C)O. The Balaban J connectivity index is 1.21. The zero-order valence-electron chi connectivity index (χ0n) is 71.3. The number of hydrogen-bond acceptors (Lipinski definition) is 23. The monoisotopic (exact) mass is 1720 g/mol. The fraction of sp³-hybridized carbons (Fsp3) is 0.688. The molecule has 4 heterocycles. The number of carboxylic acid groups (broad SMARTS) is 2. The molecule has 4 saturated heterocycles. The molecule has 0 aliphatic carbocycles. The second kappa shape index (κ2) is 48.6. The summed E-state index contributed by atoms with van der Waals surface area (Å²) in [6, 6.07) is -12.5. The second-order valence-corrected chi connectivity index (χ2v) is 33.0. The van der Waals surface area contributed by atoms with Crippen LogP contribution in [0.2, 0.25) is 0 Å². The zero-order valence-corrected chi connectivity index (χ0v) is 71.3. The van der Waals surface area contributed by atoms with Crippen LogP contribution in [-0.4, -0.2) is 301 Å². The van der Waals surface area contributed by atoms with Crippen LogP contribution in [-0.2, 0) is 97.5 Å². The number of carbonyl (C=O) groups is 19. The molecule has 19 atom stereocenters. The molecule has 1 aromatic rings. The van der Waals surface area contributed by atoms with Gasteiger partial charge in [0.2, 0.25) is 100 Å². The third kappa shape index (κ3) is 30.8. The average Bonchev–Trinajstić information content (AvgIpc) is 1.63. The predicted molar refractivity (Wildman–Crippen MR) is 435 cm³/mol. The molecule has 5 rings (SSSR count). The first-order valence-electron chi connectivity index (χ1n) is 41.7. The van der Waals surface area contributed by atoms with Crippen LogP contribution < -0.4 is 80.2 Å². The van der Waals surface area contributed by atoms with E-state index in [1.807, 2.05) is 0 Å². The van der Waals surface area contributed by atoms with Crippen molar-refractivity contribution in [3.63, 3.8) is 0 Å². The molecule has 4 aliphatic rings. The zero-order chi connectivity index (χ0) is 91.3. The molecular formula is C80H126N18O24. The maximum atomic E-state index is 14.7. The highest BCUT2D eigenvalue weighted by atomic mass is 16.4. The number of aliphatic hydroxyl groups excluding tert-OH is 3. The first kappa shape index (κ1) is 102. The van der Waals surface area contributed by atoms with Gasteiger partial charge in [-0.15, -0.1) is 0 Å². The van der Waals surface area contributed by atoms with E-state index in [1.54, 1.807) is 85.7 Å². The topological polar surface area (TPSA) is 630 Å². The Morgan fingerprint density at radius 1 is 0.443 bits per heavy atom. The van der Waals surface area contributed by atoms with E-state index < -0.39 is 265 Å². The van der Waals surface area contributed by atoms with Crippen LogP contribution in [0, 0.1) is 23.7 Å². The molecule has 0 radical (unpaired) electrons. The lowest BCUT2D eigenvalue weighted by molar-refractivity contribution is -0.145. The number of carboxylic acids is 2. The number of amides is 17. The molecule has 4 aliphatic heterocycles. The van der Waals surface area contributed by atoms with Gasteiger partial charge in [-0.25, -0.2) is 4.79 Å². The summed E-state index contributed by atoms with van der Waals surface area (Å²) in [5.41, 5.74) is 6.16. The number of benzene rings is 1. The molecule has 122 heavy (non-hydrogen) atoms. The first-order chi connectivity index (χ1) is 57.3. The van der Waals surface area contributed by atoms with E-state index >= 15 is 0 Å². The lowest BCUT2D eigenvalue weighted by Crippen LogP contribution is -2.62. The van der Waals surface area contributed by atoms with E-state index in [0.29, 0.717) is 37.8 Å². The second-order valence-electron chi connectivity index (χ2n) is 33.0. The van der Waals surface area contributed by atoms with Crippen molar-refractivity contribution in [1.29, 1.82) is 0 Å². The molecule has 17 amide bonds. The third-order valence-corrected chi connectivity index (χ3v) is 21.6. The highest BCUT2D eigenvalue weighted by Crippen LogP contribution is 2.26. The summed E-state index contributed by atoms with van der Waals surface area (Å²) in [5.74, 6) is -19.7. The van der Waals surface area contributed by atoms with E-state index in [-0.39, 0.29) is 82.8 Å². The van der Waals surface area contributed by atoms with Gasteiger partial charge in [-0.3, -0.25) is 86.3 Å². The van der Waals surface area contributed by atoms with Crippen molar-refractivity contribution in [2.75, 3.05) is 39.3 Å². The van der Waals surface area contributed by atoms with E-state index in [4.69, 9.17) is 5.73 Å². The Hall–Kier alpha value is -11.0. The smallest absolute Gasteiger partial charge is 0.326 e. The number of rotatable bonds is 47. The van der Waals surface area contributed by atoms with Crippen molar-refractivity contribution >= 4 is 112 Å². The van der Waals surface area contributed by atoms with Crippen LogP contribution in [0.1, 0.15) is 179 Å². The molecule has 0 bridgehead atoms. The molecule has 0 aromatic heterocycles. The van der Waals surface area contributed by atoms with E-state index in [2.05, 4.69) is 74.4 Å². The van der Waals surface area contributed by atoms with Crippen LogP contribution in [0.4, 0.5) is 0 Å². The van der Waals surface area contributed by atoms with Crippen LogP contribution in [0.3, 0.4) is 0 Å². The molecule has 1 aromatic carbocycles. The number of nitrogens with zero attached hydrogens (tertiary/aromatic N) is 3. The van der Waals surface area contributed by atoms with Crippen LogP contribution in [0.5, 0.6) is 0 Å². The van der Waals surface area contributed by atoms with Gasteiger partial charge in [0.25, 0.3) is 0 Å². The molecule has 0 spiro atoms. The lowest BCUT2D eigenvalue weighted by atomic mass is 9.96. The molecular weight excluding hydrogens is 1600 g/mol. The Labute approximate surface area is 708 Å². The normalized spacial score (nSPS) is 20.0. The highest BCUT2D eigenvalue weighted by Gasteiger charge is 2.46. The summed E-state index contributed by atoms with van der Waals surface area (Å²) in [6.45, 7) is 17.2. The van der Waals surface area contributed by atoms with Crippen LogP contribution in [0.25, 0.3) is 0 Å². The Kier molecular flexibility index (Phi) is 40.4. The minimum atomic E-state index is -1.86. The minimum Gasteiger partial charge on any atom is -0.481 e. The summed E-state index contributed by atoms with van der Waals surface area (Å²) >= 11 is 0. The number of nitrogens with one attached hydrogen (secondary N) is 14. The molecule has 4 fully saturated rings. The van der Waals surface area contributed by atoms with Crippen LogP contribution >= 0.6 is 0 Å². The van der Waals surface area contributed by atoms with Gasteiger partial charge in [0, 0.05) is 32.5 Å². The van der Waals surface area contributed by atoms with Gasteiger partial charge in [-0.2, -0.15) is 0 Å². The molecule has 0 unspecified atom stereocenters. The molecule has 21 N–H and O–H groups in total. The van der Waals surface area contributed by atoms with Gasteiger partial charge >= 0.3 is 11.9 Å². The fourth-order valence-corrected chi connectivity index (χ4v) is 14.7. The summed E-state index contributed by atoms with van der Waals surface area (Å²) in [5, 5.41) is 86.6. The number of carbonyl (C=O) groups excluding carboxylic acids is 17. The summed E-state index contributed by atoms with van der Waals surface area (Å²) in [6.07, 6.45) is -4.41. The van der Waals surface area contributed by atoms with Crippen LogP contribution in [0.15, 0.2) is 30.3 Å². The lowest BCUT2D eigenvalue weighted by Gasteiger charge is -2.33. The molecule has 680 valence electrons. The molecule has 42 heteroatoms. The number of aliphatic hydroxyl groups is 3. The van der Waals surface area contributed by atoms with Crippen molar-refractivity contribution in [2.45, 2.75) is 288 Å². The van der Waals surface area contributed by atoms with Gasteiger partial charge in [0.1, 0.15) is 84.6 Å². The van der Waals surface area contributed by atoms with Gasteiger partial charge < -0.3 is 120 Å². The standard InChI is InChI=1S/C80H126N18O24/c1-13-42(8)62(78(119)97-31-18-24-54(97)72(113)84-38-58(103)86-50(33-39(2)3)71(112)94-63(44(10)99)75(116)88-49(27-28-60(105)106)69(110)89-51(34-40(4)5)70(111)85-43(9)66(107)91-61(41(6)7)80(121)122)92-74(115)56-26-19-30-96(56)77(118)53(36-57(81)102)87-59(104)37-83-67(108)52(35-47-21-15-14-16-22-47)90-73(114)55-25-20-32-98(55)79(120)65(46(12)101)95-76(117)64(45(11)100)93-68(109)48-23-17-29-82-48/h14-16,21-22,39-46,48-56,61-65,82,99-101H,13,17-20,23-38H2,1-12H3,(H2,81,102)(H,83,108)(H,84,113)(H,85,111)(H,86,103)(H,87,104)(H,88,116)(H,89,110)(H,90,114)(H,91,107)(H,92,115)(H,93,109)(H,94,112)(H,95,117)(H,105,106)(H,121,122)/t42-,43-,44+,45+,46+,48-,49-,50-,51-,52-,53-,54-,55-,56-,61-,62-,63-,64-,65-/m0/s1. The maximum Gasteiger partial charge on any atom is 0.326 e. The van der Waals surface area contributed by atoms with Gasteiger partial charge in [0.05, 0.1) is 43.9 Å². The predicted octanol–water partition coefficient (Wildman–Crippen LogP) is -5.70. The number of aliphatic carboxylic acids is 2. The van der Waals surface area contributed by atoms with Gasteiger partial charge in [-0.05, 0) is 134 Å². The summed E-state index contributed by atoms with van der Waals surface area (Å²) in [4.78, 5) is 263. The van der Waals surface area contributed by atoms with E-state index in [0.717, 1.165) is 16.7 Å². The quantitative estimate of drug-likeness (QED) is 0.0289. The van der Waals surface area contributed by atoms with Crippen molar-refractivity contribution in [3.05, 3.63) is 35.9 Å². The summed E-state index contributed by atoms with van der Waals surface area (Å²) in [7, 11) is 0. The number of nitrogens with two attached hydrogens (primary N) is 1. The van der Waals surface area contributed by atoms with Crippen molar-refractivity contribution in [1.82, 2.24) is 89.1 Å². The number of likely N-dealkylation sites (tertiary alicyclic amines) is 3. The van der Waals surface area contributed by atoms with E-state index in [9.17, 15) is 117 Å². The summed E-state index contributed by atoms with van der Waals surface area (Å²) < 4.78 is 0. The van der Waals surface area contributed by atoms with Gasteiger partial charge in [0.15, 0.2) is 0 Å². The third-order valence-electron chi connectivity index (χ3n) is 21.6. The van der Waals surface area contributed by atoms with Crippen molar-refractivity contribution in [2.24, 2.45) is 29.4 Å². The largest absolute Gasteiger partial charge is 0.481 e. The molecule has 42 nitrogen and oxygen atoms in total. The average molecular weight is 1720 g/mol. The number of primary amides is 1. The van der Waals surface area contributed by atoms with Gasteiger partial charge in [-0.1, -0.05) is 92.1 Å². The Morgan fingerprint density at radius 2 is 0.893 bits per heavy atom. The number of hydrogen-bond donors (Lipinski definition) is 20. The first-order valence-corrected chi connectivity index (χ1v) is 41.7. The highest BCUT2D eigenvalue weighted by molar-refractivity contribution is 6.02. The van der Waals surface area contributed by atoms with Crippen molar-refractivity contribution in [3.8, 4) is 0 Å². The van der Waals surface area contributed by atoms with E-state index in [1.165, 1.54) is 25.7 Å². The maximum absolute atomic E-state index is 14.7. The fourth-order valence-electron chi connectivity index (χ4n) is 14.7. The van der Waals surface area contributed by atoms with Crippen molar-refractivity contribution < 1.29 is 117 Å². The Bertz CT molecular complexity index is 3880.